The number of hydrogen-bond donors (Lipinski definition) is 1. The van der Waals surface area contributed by atoms with Crippen molar-refractivity contribution in [1.82, 2.24) is 14.2 Å². The molecule has 0 spiro atoms. The third-order valence-corrected chi connectivity index (χ3v) is 8.56. The molecule has 0 radical (unpaired) electrons. The van der Waals surface area contributed by atoms with Crippen LogP contribution in [0.2, 0.25) is 0 Å². The van der Waals surface area contributed by atoms with E-state index in [0.29, 0.717) is 24.2 Å². The zero-order valence-corrected chi connectivity index (χ0v) is 21.5. The quantitative estimate of drug-likeness (QED) is 0.518. The lowest BCUT2D eigenvalue weighted by Crippen LogP contribution is -2.49. The Labute approximate surface area is 212 Å². The number of rotatable bonds is 7. The lowest BCUT2D eigenvalue weighted by Gasteiger charge is -2.37. The van der Waals surface area contributed by atoms with Gasteiger partial charge in [-0.15, -0.1) is 0 Å². The maximum Gasteiger partial charge on any atom is 0.247 e. The first-order valence-corrected chi connectivity index (χ1v) is 13.4. The van der Waals surface area contributed by atoms with Crippen molar-refractivity contribution in [2.45, 2.75) is 37.4 Å². The highest BCUT2D eigenvalue weighted by atomic mass is 32.2. The molecule has 192 valence electrons. The molecule has 9 heteroatoms. The molecule has 7 nitrogen and oxygen atoms in total. The summed E-state index contributed by atoms with van der Waals surface area (Å²) in [4.78, 5) is 6.19. The van der Waals surface area contributed by atoms with Crippen molar-refractivity contribution < 1.29 is 22.7 Å². The van der Waals surface area contributed by atoms with E-state index in [4.69, 9.17) is 4.74 Å². The lowest BCUT2D eigenvalue weighted by atomic mass is 10.0. The number of aliphatic hydroxyl groups excluding tert-OH is 1. The third kappa shape index (κ3) is 5.59. The molecule has 2 heterocycles. The van der Waals surface area contributed by atoms with Crippen LogP contribution in [0.5, 0.6) is 5.75 Å². The van der Waals surface area contributed by atoms with Crippen molar-refractivity contribution in [1.29, 1.82) is 0 Å². The average molecular weight is 514 g/mol. The molecule has 3 aromatic rings. The molecule has 1 aliphatic heterocycles. The molecule has 36 heavy (non-hydrogen) atoms. The highest BCUT2D eigenvalue weighted by Crippen LogP contribution is 2.37. The van der Waals surface area contributed by atoms with Crippen LogP contribution in [0.25, 0.3) is 11.1 Å². The first-order valence-electron chi connectivity index (χ1n) is 12.0. The number of sulfonamides is 1. The largest absolute Gasteiger partial charge is 0.487 e. The number of likely N-dealkylation sites (N-methyl/N-ethyl adjacent to an activating group) is 1. The molecule has 0 bridgehead atoms. The minimum Gasteiger partial charge on any atom is -0.487 e. The van der Waals surface area contributed by atoms with Gasteiger partial charge in [-0.3, -0.25) is 9.88 Å². The van der Waals surface area contributed by atoms with E-state index in [1.165, 1.54) is 16.4 Å². The zero-order valence-electron chi connectivity index (χ0n) is 20.7. The fourth-order valence-electron chi connectivity index (χ4n) is 4.48. The van der Waals surface area contributed by atoms with Gasteiger partial charge in [-0.2, -0.15) is 4.31 Å². The second kappa shape index (κ2) is 11.0. The summed E-state index contributed by atoms with van der Waals surface area (Å²) in [6.07, 6.45) is 3.14. The van der Waals surface area contributed by atoms with Gasteiger partial charge in [-0.05, 0) is 55.4 Å². The Balaban J connectivity index is 1.74. The number of nitrogens with zero attached hydrogens (tertiary/aromatic N) is 3. The lowest BCUT2D eigenvalue weighted by molar-refractivity contribution is 0.0734. The predicted molar refractivity (Wildman–Crippen MR) is 136 cm³/mol. The topological polar surface area (TPSA) is 83.0 Å². The van der Waals surface area contributed by atoms with E-state index in [1.807, 2.05) is 26.1 Å². The van der Waals surface area contributed by atoms with Gasteiger partial charge in [0.15, 0.2) is 0 Å². The van der Waals surface area contributed by atoms with Crippen LogP contribution in [0.1, 0.15) is 19.4 Å². The van der Waals surface area contributed by atoms with Crippen LogP contribution in [0.15, 0.2) is 71.9 Å². The smallest absolute Gasteiger partial charge is 0.247 e. The Bertz CT molecular complexity index is 1290. The first-order chi connectivity index (χ1) is 17.2. The van der Waals surface area contributed by atoms with Crippen molar-refractivity contribution >= 4 is 10.0 Å². The van der Waals surface area contributed by atoms with Gasteiger partial charge in [0.1, 0.15) is 22.6 Å². The van der Waals surface area contributed by atoms with Gasteiger partial charge in [-0.25, -0.2) is 12.8 Å². The third-order valence-electron chi connectivity index (χ3n) is 6.55. The Kier molecular flexibility index (Phi) is 8.04. The van der Waals surface area contributed by atoms with Crippen LogP contribution < -0.4 is 4.74 Å². The summed E-state index contributed by atoms with van der Waals surface area (Å²) in [7, 11) is -1.98. The standard InChI is InChI=1S/C27H32FN3O4S/c1-19-15-31(20(2)18-32)36(33,34)27-9-8-22(23-6-4-5-7-24(23)28)14-25(27)35-26(19)17-30(3)16-21-10-12-29-13-11-21/h4-14,19-20,26,32H,15-18H2,1-3H3/t19-,20-,26+/m0/s1. The summed E-state index contributed by atoms with van der Waals surface area (Å²) in [6.45, 7) is 4.74. The molecule has 0 saturated heterocycles. The van der Waals surface area contributed by atoms with Gasteiger partial charge >= 0.3 is 0 Å². The number of aliphatic hydroxyl groups is 1. The maximum absolute atomic E-state index is 14.5. The average Bonchev–Trinajstić information content (AvgIpc) is 2.86. The Morgan fingerprint density at radius 2 is 1.92 bits per heavy atom. The summed E-state index contributed by atoms with van der Waals surface area (Å²) in [5.74, 6) is -0.401. The highest BCUT2D eigenvalue weighted by molar-refractivity contribution is 7.89. The number of hydrogen-bond acceptors (Lipinski definition) is 6. The van der Waals surface area contributed by atoms with E-state index in [9.17, 15) is 17.9 Å². The number of ether oxygens (including phenoxy) is 1. The van der Waals surface area contributed by atoms with Crippen LogP contribution in [0.4, 0.5) is 4.39 Å². The number of aromatic nitrogens is 1. The van der Waals surface area contributed by atoms with Gasteiger partial charge in [0.25, 0.3) is 0 Å². The molecule has 1 aromatic heterocycles. The van der Waals surface area contributed by atoms with E-state index in [1.54, 1.807) is 49.6 Å². The molecule has 0 fully saturated rings. The molecule has 0 aliphatic carbocycles. The van der Waals surface area contributed by atoms with Crippen LogP contribution in [0.3, 0.4) is 0 Å². The van der Waals surface area contributed by atoms with Crippen LogP contribution in [0, 0.1) is 11.7 Å². The van der Waals surface area contributed by atoms with Gasteiger partial charge in [-0.1, -0.05) is 31.2 Å². The van der Waals surface area contributed by atoms with Crippen molar-refractivity contribution in [3.63, 3.8) is 0 Å². The van der Waals surface area contributed by atoms with Crippen molar-refractivity contribution in [2.24, 2.45) is 5.92 Å². The van der Waals surface area contributed by atoms with E-state index < -0.39 is 21.9 Å². The fraction of sp³-hybridized carbons (Fsp3) is 0.370. The van der Waals surface area contributed by atoms with Crippen LogP contribution >= 0.6 is 0 Å². The van der Waals surface area contributed by atoms with Crippen molar-refractivity contribution in [3.05, 3.63) is 78.4 Å². The number of benzene rings is 2. The second-order valence-corrected chi connectivity index (χ2v) is 11.3. The molecule has 0 unspecified atom stereocenters. The number of pyridine rings is 1. The fourth-order valence-corrected chi connectivity index (χ4v) is 6.30. The molecule has 0 saturated carbocycles. The molecular weight excluding hydrogens is 481 g/mol. The first kappa shape index (κ1) is 26.2. The summed E-state index contributed by atoms with van der Waals surface area (Å²) in [6, 6.07) is 14.3. The summed E-state index contributed by atoms with van der Waals surface area (Å²) >= 11 is 0. The van der Waals surface area contributed by atoms with Gasteiger partial charge < -0.3 is 9.84 Å². The molecule has 3 atom stereocenters. The van der Waals surface area contributed by atoms with Crippen molar-refractivity contribution in [3.8, 4) is 16.9 Å². The summed E-state index contributed by atoms with van der Waals surface area (Å²) in [5.41, 5.74) is 2.00. The Morgan fingerprint density at radius 1 is 1.19 bits per heavy atom. The van der Waals surface area contributed by atoms with E-state index in [0.717, 1.165) is 5.56 Å². The zero-order chi connectivity index (χ0) is 25.9. The monoisotopic (exact) mass is 513 g/mol. The summed E-state index contributed by atoms with van der Waals surface area (Å²) in [5, 5.41) is 9.82. The SMILES string of the molecule is C[C@H]1CN([C@@H](C)CO)S(=O)(=O)c2ccc(-c3ccccc3F)cc2O[C@@H]1CN(C)Cc1ccncc1. The number of halogens is 1. The van der Waals surface area contributed by atoms with E-state index in [-0.39, 0.29) is 35.8 Å². The minimum absolute atomic E-state index is 0.0107. The van der Waals surface area contributed by atoms with Gasteiger partial charge in [0.05, 0.1) is 6.61 Å². The van der Waals surface area contributed by atoms with Crippen LogP contribution in [-0.2, 0) is 16.6 Å². The van der Waals surface area contributed by atoms with E-state index in [2.05, 4.69) is 9.88 Å². The normalized spacial score (nSPS) is 20.7. The number of fused-ring (bicyclic) bond motifs is 1. The summed E-state index contributed by atoms with van der Waals surface area (Å²) < 4.78 is 49.6. The van der Waals surface area contributed by atoms with Crippen LogP contribution in [-0.4, -0.2) is 66.6 Å². The Morgan fingerprint density at radius 3 is 2.61 bits per heavy atom. The van der Waals surface area contributed by atoms with E-state index >= 15 is 0 Å². The predicted octanol–water partition coefficient (Wildman–Crippen LogP) is 3.79. The molecule has 4 rings (SSSR count). The maximum atomic E-state index is 14.5. The molecule has 1 aliphatic rings. The van der Waals surface area contributed by atoms with Crippen molar-refractivity contribution in [2.75, 3.05) is 26.7 Å². The molecule has 2 aromatic carbocycles. The second-order valence-electron chi connectivity index (χ2n) is 9.43. The van der Waals surface area contributed by atoms with Gasteiger partial charge in [0, 0.05) is 49.6 Å². The molecule has 1 N–H and O–H groups in total. The van der Waals surface area contributed by atoms with Gasteiger partial charge in [0.2, 0.25) is 10.0 Å². The highest BCUT2D eigenvalue weighted by Gasteiger charge is 2.38. The molecule has 0 amide bonds. The Hall–Kier alpha value is -2.85. The minimum atomic E-state index is -3.96. The molecular formula is C27H32FN3O4S.